The third-order valence-corrected chi connectivity index (χ3v) is 5.83. The molecule has 21 heavy (non-hydrogen) atoms. The molecular formula is C18H26O3. The smallest absolute Gasteiger partial charge is 0.129 e. The number of hydrogen-bond acceptors (Lipinski definition) is 3. The van der Waals surface area contributed by atoms with E-state index in [2.05, 4.69) is 33.8 Å². The lowest BCUT2D eigenvalue weighted by atomic mass is 9.57. The fourth-order valence-corrected chi connectivity index (χ4v) is 4.30. The van der Waals surface area contributed by atoms with E-state index in [0.29, 0.717) is 5.92 Å². The summed E-state index contributed by atoms with van der Waals surface area (Å²) in [5.74, 6) is 2.19. The molecule has 0 unspecified atom stereocenters. The molecule has 0 saturated heterocycles. The van der Waals surface area contributed by atoms with Gasteiger partial charge in [-0.1, -0.05) is 19.9 Å². The Bertz CT molecular complexity index is 564. The van der Waals surface area contributed by atoms with Gasteiger partial charge < -0.3 is 14.6 Å². The molecular weight excluding hydrogens is 264 g/mol. The SMILES string of the molecule is COc1ccc2c(c1C)O[C@]1(C)CC[C@@H](O)C(C)(C)[C@H]1C2. The molecule has 1 N–H and O–H groups in total. The van der Waals surface area contributed by atoms with Gasteiger partial charge in [0, 0.05) is 11.5 Å². The molecule has 3 atom stereocenters. The van der Waals surface area contributed by atoms with Crippen LogP contribution in [0.2, 0.25) is 0 Å². The van der Waals surface area contributed by atoms with Crippen molar-refractivity contribution in [2.75, 3.05) is 7.11 Å². The first-order valence-corrected chi connectivity index (χ1v) is 7.83. The highest BCUT2D eigenvalue weighted by Gasteiger charge is 2.54. The molecule has 1 saturated carbocycles. The number of benzene rings is 1. The minimum absolute atomic E-state index is 0.126. The van der Waals surface area contributed by atoms with Crippen molar-refractivity contribution in [1.29, 1.82) is 0 Å². The number of rotatable bonds is 1. The zero-order valence-electron chi connectivity index (χ0n) is 13.7. The fourth-order valence-electron chi connectivity index (χ4n) is 4.30. The van der Waals surface area contributed by atoms with Crippen LogP contribution < -0.4 is 9.47 Å². The average Bonchev–Trinajstić information content (AvgIpc) is 2.44. The summed E-state index contributed by atoms with van der Waals surface area (Å²) in [6.45, 7) is 8.60. The number of methoxy groups -OCH3 is 1. The van der Waals surface area contributed by atoms with E-state index in [1.807, 2.05) is 6.07 Å². The van der Waals surface area contributed by atoms with E-state index < -0.39 is 0 Å². The van der Waals surface area contributed by atoms with E-state index in [1.54, 1.807) is 7.11 Å². The van der Waals surface area contributed by atoms with Crippen LogP contribution in [-0.2, 0) is 6.42 Å². The number of ether oxygens (including phenoxy) is 2. The Morgan fingerprint density at radius 1 is 1.29 bits per heavy atom. The van der Waals surface area contributed by atoms with Gasteiger partial charge in [0.1, 0.15) is 17.1 Å². The second-order valence-electron chi connectivity index (χ2n) is 7.43. The molecule has 1 aliphatic heterocycles. The van der Waals surface area contributed by atoms with Crippen molar-refractivity contribution >= 4 is 0 Å². The Morgan fingerprint density at radius 2 is 2.00 bits per heavy atom. The largest absolute Gasteiger partial charge is 0.496 e. The van der Waals surface area contributed by atoms with Crippen LogP contribution >= 0.6 is 0 Å². The maximum absolute atomic E-state index is 10.4. The molecule has 1 aromatic carbocycles. The van der Waals surface area contributed by atoms with Gasteiger partial charge in [-0.3, -0.25) is 0 Å². The van der Waals surface area contributed by atoms with E-state index in [9.17, 15) is 5.11 Å². The second kappa shape index (κ2) is 4.64. The lowest BCUT2D eigenvalue weighted by Crippen LogP contribution is -2.58. The normalized spacial score (nSPS) is 33.6. The first kappa shape index (κ1) is 14.7. The fraction of sp³-hybridized carbons (Fsp3) is 0.667. The van der Waals surface area contributed by atoms with Crippen LogP contribution in [0.3, 0.4) is 0 Å². The quantitative estimate of drug-likeness (QED) is 0.860. The van der Waals surface area contributed by atoms with Gasteiger partial charge in [-0.25, -0.2) is 0 Å². The van der Waals surface area contributed by atoms with E-state index in [-0.39, 0.29) is 17.1 Å². The minimum atomic E-state index is -0.250. The number of fused-ring (bicyclic) bond motifs is 2. The van der Waals surface area contributed by atoms with E-state index >= 15 is 0 Å². The molecule has 3 nitrogen and oxygen atoms in total. The van der Waals surface area contributed by atoms with E-state index in [0.717, 1.165) is 36.3 Å². The topological polar surface area (TPSA) is 38.7 Å². The third-order valence-electron chi connectivity index (χ3n) is 5.83. The van der Waals surface area contributed by atoms with Gasteiger partial charge in [-0.2, -0.15) is 0 Å². The first-order valence-electron chi connectivity index (χ1n) is 7.83. The highest BCUT2D eigenvalue weighted by atomic mass is 16.5. The van der Waals surface area contributed by atoms with Crippen LogP contribution in [0.25, 0.3) is 0 Å². The predicted molar refractivity (Wildman–Crippen MR) is 83.0 cm³/mol. The molecule has 0 bridgehead atoms. The summed E-state index contributed by atoms with van der Waals surface area (Å²) in [4.78, 5) is 0. The van der Waals surface area contributed by atoms with Gasteiger partial charge >= 0.3 is 0 Å². The summed E-state index contributed by atoms with van der Waals surface area (Å²) in [5, 5.41) is 10.4. The predicted octanol–water partition coefficient (Wildman–Crippen LogP) is 3.49. The minimum Gasteiger partial charge on any atom is -0.496 e. The monoisotopic (exact) mass is 290 g/mol. The molecule has 116 valence electrons. The summed E-state index contributed by atoms with van der Waals surface area (Å²) in [5.41, 5.74) is 1.99. The van der Waals surface area contributed by atoms with Gasteiger partial charge in [0.05, 0.1) is 13.2 Å². The van der Waals surface area contributed by atoms with Crippen LogP contribution in [0.15, 0.2) is 12.1 Å². The molecule has 3 heteroatoms. The Hall–Kier alpha value is -1.22. The molecule has 0 aromatic heterocycles. The van der Waals surface area contributed by atoms with Gasteiger partial charge in [-0.05, 0) is 50.2 Å². The third kappa shape index (κ3) is 2.05. The number of aliphatic hydroxyl groups is 1. The summed E-state index contributed by atoms with van der Waals surface area (Å²) < 4.78 is 11.9. The van der Waals surface area contributed by atoms with E-state index in [1.165, 1.54) is 5.56 Å². The lowest BCUT2D eigenvalue weighted by molar-refractivity contribution is -0.138. The molecule has 0 amide bonds. The second-order valence-corrected chi connectivity index (χ2v) is 7.43. The van der Waals surface area contributed by atoms with Crippen LogP contribution in [0, 0.1) is 18.3 Å². The summed E-state index contributed by atoms with van der Waals surface area (Å²) in [7, 11) is 1.70. The van der Waals surface area contributed by atoms with Crippen molar-refractivity contribution in [3.05, 3.63) is 23.3 Å². The Morgan fingerprint density at radius 3 is 2.67 bits per heavy atom. The maximum atomic E-state index is 10.4. The Kier molecular flexibility index (Phi) is 3.25. The Labute approximate surface area is 127 Å². The van der Waals surface area contributed by atoms with Crippen molar-refractivity contribution in [3.63, 3.8) is 0 Å². The van der Waals surface area contributed by atoms with Crippen molar-refractivity contribution < 1.29 is 14.6 Å². The lowest BCUT2D eigenvalue weighted by Gasteiger charge is -2.55. The molecule has 1 heterocycles. The van der Waals surface area contributed by atoms with Crippen molar-refractivity contribution in [3.8, 4) is 11.5 Å². The molecule has 1 aromatic rings. The number of hydrogen-bond donors (Lipinski definition) is 1. The maximum Gasteiger partial charge on any atom is 0.129 e. The molecule has 3 rings (SSSR count). The summed E-state index contributed by atoms with van der Waals surface area (Å²) >= 11 is 0. The Balaban J connectivity index is 2.07. The summed E-state index contributed by atoms with van der Waals surface area (Å²) in [6, 6.07) is 4.13. The molecule has 2 aliphatic rings. The highest BCUT2D eigenvalue weighted by Crippen LogP contribution is 2.54. The number of aliphatic hydroxyl groups excluding tert-OH is 1. The van der Waals surface area contributed by atoms with Crippen molar-refractivity contribution in [2.24, 2.45) is 11.3 Å². The summed E-state index contributed by atoms with van der Waals surface area (Å²) in [6.07, 6.45) is 2.41. The zero-order chi connectivity index (χ0) is 15.4. The van der Waals surface area contributed by atoms with E-state index in [4.69, 9.17) is 9.47 Å². The average molecular weight is 290 g/mol. The van der Waals surface area contributed by atoms with Gasteiger partial charge in [0.25, 0.3) is 0 Å². The molecule has 0 spiro atoms. The van der Waals surface area contributed by atoms with Crippen LogP contribution in [0.1, 0.15) is 44.7 Å². The van der Waals surface area contributed by atoms with Crippen molar-refractivity contribution in [2.45, 2.75) is 58.7 Å². The standard InChI is InChI=1S/C18H26O3/c1-11-13(20-5)7-6-12-10-14-17(2,3)15(19)8-9-18(14,4)21-16(11)12/h6-7,14-15,19H,8-10H2,1-5H3/t14-,15-,18-/m1/s1. The molecule has 1 aliphatic carbocycles. The van der Waals surface area contributed by atoms with Crippen LogP contribution in [0.5, 0.6) is 11.5 Å². The first-order chi connectivity index (χ1) is 9.79. The van der Waals surface area contributed by atoms with Gasteiger partial charge in [0.15, 0.2) is 0 Å². The molecule has 1 fully saturated rings. The van der Waals surface area contributed by atoms with Crippen molar-refractivity contribution in [1.82, 2.24) is 0 Å². The van der Waals surface area contributed by atoms with Crippen LogP contribution in [0.4, 0.5) is 0 Å². The van der Waals surface area contributed by atoms with Crippen LogP contribution in [-0.4, -0.2) is 23.9 Å². The van der Waals surface area contributed by atoms with Gasteiger partial charge in [0.2, 0.25) is 0 Å². The highest BCUT2D eigenvalue weighted by molar-refractivity contribution is 5.51. The van der Waals surface area contributed by atoms with Gasteiger partial charge in [-0.15, -0.1) is 0 Å². The molecule has 0 radical (unpaired) electrons. The zero-order valence-corrected chi connectivity index (χ0v) is 13.7.